The molecule has 0 aliphatic carbocycles. The van der Waals surface area contributed by atoms with E-state index in [2.05, 4.69) is 15.0 Å². The highest BCUT2D eigenvalue weighted by atomic mass is 35.5. The molecule has 132 valence electrons. The van der Waals surface area contributed by atoms with Crippen LogP contribution in [0.2, 0.25) is 0 Å². The number of hydrogen-bond acceptors (Lipinski definition) is 6. The normalized spacial score (nSPS) is 20.5. The molecule has 10 heteroatoms. The Kier molecular flexibility index (Phi) is 6.96. The third kappa shape index (κ3) is 5.39. The Balaban J connectivity index is 0.00000264. The molecule has 0 aromatic carbocycles. The van der Waals surface area contributed by atoms with Gasteiger partial charge in [0.25, 0.3) is 0 Å². The fourth-order valence-corrected chi connectivity index (χ4v) is 4.28. The lowest BCUT2D eigenvalue weighted by atomic mass is 9.94. The second kappa shape index (κ2) is 7.89. The number of halogens is 1. The third-order valence-corrected chi connectivity index (χ3v) is 6.33. The smallest absolute Gasteiger partial charge is 0.242 e. The van der Waals surface area contributed by atoms with Gasteiger partial charge >= 0.3 is 0 Å². The van der Waals surface area contributed by atoms with Gasteiger partial charge in [0.15, 0.2) is 14.9 Å². The minimum Gasteiger partial charge on any atom is -0.316 e. The van der Waals surface area contributed by atoms with Crippen LogP contribution in [0, 0.1) is 5.92 Å². The average molecular weight is 384 g/mol. The number of pyridine rings is 1. The van der Waals surface area contributed by atoms with Gasteiger partial charge in [-0.15, -0.1) is 12.4 Å². The van der Waals surface area contributed by atoms with E-state index < -0.39 is 19.9 Å². The van der Waals surface area contributed by atoms with E-state index in [1.54, 1.807) is 0 Å². The van der Waals surface area contributed by atoms with E-state index in [9.17, 15) is 16.8 Å². The van der Waals surface area contributed by atoms with Crippen molar-refractivity contribution < 1.29 is 16.8 Å². The van der Waals surface area contributed by atoms with E-state index in [0.29, 0.717) is 0 Å². The zero-order chi connectivity index (χ0) is 16.4. The summed E-state index contributed by atoms with van der Waals surface area (Å²) in [6.07, 6.45) is 4.10. The van der Waals surface area contributed by atoms with Crippen molar-refractivity contribution in [2.24, 2.45) is 5.92 Å². The Bertz CT molecular complexity index is 714. The van der Waals surface area contributed by atoms with E-state index in [4.69, 9.17) is 0 Å². The fourth-order valence-electron chi connectivity index (χ4n) is 2.46. The second-order valence-electron chi connectivity index (χ2n) is 5.62. The van der Waals surface area contributed by atoms with Crippen LogP contribution in [-0.2, 0) is 19.9 Å². The van der Waals surface area contributed by atoms with E-state index in [-0.39, 0.29) is 34.3 Å². The largest absolute Gasteiger partial charge is 0.316 e. The Labute approximate surface area is 143 Å². The highest BCUT2D eigenvalue weighted by Gasteiger charge is 2.25. The van der Waals surface area contributed by atoms with Crippen LogP contribution in [0.25, 0.3) is 0 Å². The average Bonchev–Trinajstić information content (AvgIpc) is 2.47. The number of aromatic nitrogens is 1. The number of sulfonamides is 1. The molecule has 1 aliphatic rings. The van der Waals surface area contributed by atoms with Gasteiger partial charge in [0.2, 0.25) is 10.0 Å². The monoisotopic (exact) mass is 383 g/mol. The number of nitrogens with one attached hydrogen (secondary N) is 2. The summed E-state index contributed by atoms with van der Waals surface area (Å²) in [5.74, 6) is 0.242. The van der Waals surface area contributed by atoms with Crippen molar-refractivity contribution >= 4 is 32.3 Å². The van der Waals surface area contributed by atoms with E-state index in [1.807, 2.05) is 6.92 Å². The Morgan fingerprint density at radius 2 is 2.00 bits per heavy atom. The number of hydrogen-bond donors (Lipinski definition) is 2. The minimum atomic E-state index is -3.71. The van der Waals surface area contributed by atoms with Gasteiger partial charge in [0.1, 0.15) is 4.90 Å². The van der Waals surface area contributed by atoms with Crippen LogP contribution >= 0.6 is 12.4 Å². The minimum absolute atomic E-state index is 0. The second-order valence-corrected chi connectivity index (χ2v) is 9.30. The van der Waals surface area contributed by atoms with Gasteiger partial charge in [0.05, 0.1) is 0 Å². The van der Waals surface area contributed by atoms with Crippen molar-refractivity contribution in [3.05, 3.63) is 18.3 Å². The van der Waals surface area contributed by atoms with Gasteiger partial charge in [0, 0.05) is 18.5 Å². The lowest BCUT2D eigenvalue weighted by Crippen LogP contribution is -2.44. The molecule has 1 saturated heterocycles. The molecule has 2 heterocycles. The first-order valence-corrected chi connectivity index (χ1v) is 10.5. The summed E-state index contributed by atoms with van der Waals surface area (Å²) in [5, 5.41) is 3.11. The third-order valence-electron chi connectivity index (χ3n) is 3.78. The number of sulfone groups is 1. The Hall–Kier alpha value is -0.740. The Morgan fingerprint density at radius 3 is 2.48 bits per heavy atom. The predicted molar refractivity (Wildman–Crippen MR) is 90.0 cm³/mol. The van der Waals surface area contributed by atoms with Crippen molar-refractivity contribution in [3.63, 3.8) is 0 Å². The van der Waals surface area contributed by atoms with Gasteiger partial charge < -0.3 is 5.32 Å². The molecular weight excluding hydrogens is 362 g/mol. The summed E-state index contributed by atoms with van der Waals surface area (Å²) in [7, 11) is -7.15. The molecule has 0 bridgehead atoms. The lowest BCUT2D eigenvalue weighted by molar-refractivity contribution is 0.320. The molecule has 2 atom stereocenters. The SMILES string of the molecule is CC(NS(=O)(=O)c1ccc(S(C)(=O)=O)nc1)C1CCCNC1.Cl. The predicted octanol–water partition coefficient (Wildman–Crippen LogP) is 0.573. The molecule has 2 unspecified atom stereocenters. The standard InChI is InChI=1S/C13H21N3O4S2.ClH/c1-10(11-4-3-7-14-8-11)16-22(19,20)12-5-6-13(15-9-12)21(2,17)18;/h5-6,9-11,14,16H,3-4,7-8H2,1-2H3;1H. The first-order valence-electron chi connectivity index (χ1n) is 7.09. The molecule has 23 heavy (non-hydrogen) atoms. The van der Waals surface area contributed by atoms with Crippen molar-refractivity contribution in [1.82, 2.24) is 15.0 Å². The molecule has 1 aliphatic heterocycles. The van der Waals surface area contributed by atoms with Crippen LogP contribution in [0.5, 0.6) is 0 Å². The van der Waals surface area contributed by atoms with Crippen LogP contribution in [0.4, 0.5) is 0 Å². The van der Waals surface area contributed by atoms with Crippen molar-refractivity contribution in [1.29, 1.82) is 0 Å². The highest BCUT2D eigenvalue weighted by Crippen LogP contribution is 2.17. The Morgan fingerprint density at radius 1 is 1.30 bits per heavy atom. The molecule has 0 spiro atoms. The van der Waals surface area contributed by atoms with E-state index in [0.717, 1.165) is 38.4 Å². The summed E-state index contributed by atoms with van der Waals surface area (Å²) in [5.41, 5.74) is 0. The molecule has 0 saturated carbocycles. The van der Waals surface area contributed by atoms with Crippen molar-refractivity contribution in [2.45, 2.75) is 35.7 Å². The quantitative estimate of drug-likeness (QED) is 0.770. The molecule has 2 N–H and O–H groups in total. The molecule has 1 fully saturated rings. The molecule has 0 amide bonds. The lowest BCUT2D eigenvalue weighted by Gasteiger charge is -2.28. The first kappa shape index (κ1) is 20.3. The first-order chi connectivity index (χ1) is 10.2. The van der Waals surface area contributed by atoms with Gasteiger partial charge in [-0.2, -0.15) is 0 Å². The molecule has 2 rings (SSSR count). The van der Waals surface area contributed by atoms with Gasteiger partial charge in [-0.1, -0.05) is 0 Å². The molecule has 1 aromatic rings. The zero-order valence-corrected chi connectivity index (χ0v) is 15.5. The van der Waals surface area contributed by atoms with Crippen LogP contribution in [-0.4, -0.2) is 47.2 Å². The van der Waals surface area contributed by atoms with Gasteiger partial charge in [-0.3, -0.25) is 0 Å². The van der Waals surface area contributed by atoms with Gasteiger partial charge in [-0.25, -0.2) is 26.5 Å². The summed E-state index contributed by atoms with van der Waals surface area (Å²) in [6, 6.07) is 2.27. The van der Waals surface area contributed by atoms with E-state index in [1.165, 1.54) is 12.1 Å². The topological polar surface area (TPSA) is 105 Å². The fraction of sp³-hybridized carbons (Fsp3) is 0.615. The van der Waals surface area contributed by atoms with Crippen LogP contribution < -0.4 is 10.0 Å². The molecule has 0 radical (unpaired) electrons. The maximum atomic E-state index is 12.3. The van der Waals surface area contributed by atoms with Crippen LogP contribution in [0.1, 0.15) is 19.8 Å². The van der Waals surface area contributed by atoms with Crippen molar-refractivity contribution in [3.8, 4) is 0 Å². The summed E-state index contributed by atoms with van der Waals surface area (Å²) in [4.78, 5) is 3.68. The summed E-state index contributed by atoms with van der Waals surface area (Å²) >= 11 is 0. The van der Waals surface area contributed by atoms with Crippen LogP contribution in [0.15, 0.2) is 28.3 Å². The summed E-state index contributed by atoms with van der Waals surface area (Å²) in [6.45, 7) is 3.59. The maximum absolute atomic E-state index is 12.3. The number of nitrogens with zero attached hydrogens (tertiary/aromatic N) is 1. The van der Waals surface area contributed by atoms with Gasteiger partial charge in [-0.05, 0) is 50.9 Å². The molecule has 1 aromatic heterocycles. The zero-order valence-electron chi connectivity index (χ0n) is 13.0. The van der Waals surface area contributed by atoms with E-state index >= 15 is 0 Å². The number of piperidine rings is 1. The van der Waals surface area contributed by atoms with Crippen LogP contribution in [0.3, 0.4) is 0 Å². The molecular formula is C13H22ClN3O4S2. The number of rotatable bonds is 5. The highest BCUT2D eigenvalue weighted by molar-refractivity contribution is 7.90. The maximum Gasteiger partial charge on any atom is 0.242 e. The molecule has 7 nitrogen and oxygen atoms in total. The van der Waals surface area contributed by atoms with Crippen molar-refractivity contribution in [2.75, 3.05) is 19.3 Å². The summed E-state index contributed by atoms with van der Waals surface area (Å²) < 4.78 is 50.0.